The number of ether oxygens (including phenoxy) is 2. The highest BCUT2D eigenvalue weighted by Crippen LogP contribution is 2.31. The lowest BCUT2D eigenvalue weighted by Gasteiger charge is -2.14. The fraction of sp³-hybridized carbons (Fsp3) is 0.174. The number of anilines is 2. The van der Waals surface area contributed by atoms with E-state index in [4.69, 9.17) is 21.1 Å². The van der Waals surface area contributed by atoms with Crippen LogP contribution in [-0.4, -0.2) is 28.5 Å². The van der Waals surface area contributed by atoms with Gasteiger partial charge in [0.15, 0.2) is 11.5 Å². The molecule has 0 radical (unpaired) electrons. The van der Waals surface area contributed by atoms with Crippen LogP contribution in [0.3, 0.4) is 0 Å². The van der Waals surface area contributed by atoms with E-state index in [0.717, 1.165) is 11.1 Å². The van der Waals surface area contributed by atoms with Crippen LogP contribution in [0.25, 0.3) is 0 Å². The number of methoxy groups -OCH3 is 2. The molecule has 0 bridgehead atoms. The predicted octanol–water partition coefficient (Wildman–Crippen LogP) is 5.03. The van der Waals surface area contributed by atoms with Crippen LogP contribution in [0.4, 0.5) is 11.4 Å². The third-order valence-electron chi connectivity index (χ3n) is 4.97. The van der Waals surface area contributed by atoms with Crippen LogP contribution < -0.4 is 19.5 Å². The lowest BCUT2D eigenvalue weighted by atomic mass is 10.1. The van der Waals surface area contributed by atoms with Crippen molar-refractivity contribution in [1.29, 1.82) is 0 Å². The van der Waals surface area contributed by atoms with E-state index in [2.05, 4.69) is 10.0 Å². The van der Waals surface area contributed by atoms with Gasteiger partial charge in [0.25, 0.3) is 15.9 Å². The van der Waals surface area contributed by atoms with Gasteiger partial charge >= 0.3 is 0 Å². The number of sulfonamides is 1. The molecular weight excluding hydrogens is 452 g/mol. The average molecular weight is 475 g/mol. The van der Waals surface area contributed by atoms with Gasteiger partial charge in [-0.1, -0.05) is 23.7 Å². The highest BCUT2D eigenvalue weighted by Gasteiger charge is 2.21. The lowest BCUT2D eigenvalue weighted by Crippen LogP contribution is -2.17. The van der Waals surface area contributed by atoms with Gasteiger partial charge in [-0.25, -0.2) is 8.42 Å². The third kappa shape index (κ3) is 4.98. The molecule has 0 unspecified atom stereocenters. The molecule has 168 valence electrons. The van der Waals surface area contributed by atoms with E-state index in [0.29, 0.717) is 22.9 Å². The van der Waals surface area contributed by atoms with Crippen molar-refractivity contribution < 1.29 is 22.7 Å². The fourth-order valence-electron chi connectivity index (χ4n) is 3.03. The summed E-state index contributed by atoms with van der Waals surface area (Å²) in [6.45, 7) is 3.71. The lowest BCUT2D eigenvalue weighted by molar-refractivity contribution is 0.102. The smallest absolute Gasteiger partial charge is 0.263 e. The standard InChI is InChI=1S/C23H23ClN2O5S/c1-14-6-5-7-19(15(14)2)26-32(28,29)22-12-16(8-10-18(22)24)23(27)25-17-9-11-20(30-3)21(13-17)31-4/h5-13,26H,1-4H3,(H,25,27). The van der Waals surface area contributed by atoms with Crippen LogP contribution in [0.2, 0.25) is 5.02 Å². The molecule has 0 fully saturated rings. The minimum Gasteiger partial charge on any atom is -0.493 e. The number of benzene rings is 3. The summed E-state index contributed by atoms with van der Waals surface area (Å²) < 4.78 is 39.0. The van der Waals surface area contributed by atoms with Crippen molar-refractivity contribution in [2.45, 2.75) is 18.7 Å². The van der Waals surface area contributed by atoms with Crippen LogP contribution in [-0.2, 0) is 10.0 Å². The van der Waals surface area contributed by atoms with E-state index in [1.807, 2.05) is 19.9 Å². The molecule has 0 saturated heterocycles. The molecule has 0 spiro atoms. The summed E-state index contributed by atoms with van der Waals surface area (Å²) in [5, 5.41) is 2.72. The number of hydrogen-bond acceptors (Lipinski definition) is 5. The summed E-state index contributed by atoms with van der Waals surface area (Å²) in [6, 6.07) is 14.3. The molecule has 1 amide bonds. The Morgan fingerprint density at radius 1 is 0.938 bits per heavy atom. The van der Waals surface area contributed by atoms with Gasteiger partial charge in [0, 0.05) is 17.3 Å². The Morgan fingerprint density at radius 2 is 1.66 bits per heavy atom. The van der Waals surface area contributed by atoms with Crippen LogP contribution in [0.1, 0.15) is 21.5 Å². The maximum atomic E-state index is 13.0. The Balaban J connectivity index is 1.89. The van der Waals surface area contributed by atoms with Crippen molar-refractivity contribution in [2.75, 3.05) is 24.3 Å². The number of nitrogens with one attached hydrogen (secondary N) is 2. The Bertz CT molecular complexity index is 1280. The second kappa shape index (κ2) is 9.50. The van der Waals surface area contributed by atoms with Gasteiger partial charge in [-0.2, -0.15) is 0 Å². The monoisotopic (exact) mass is 474 g/mol. The second-order valence-corrected chi connectivity index (χ2v) is 9.08. The molecule has 2 N–H and O–H groups in total. The summed E-state index contributed by atoms with van der Waals surface area (Å²) in [7, 11) is -1.03. The molecule has 0 heterocycles. The van der Waals surface area contributed by atoms with Gasteiger partial charge in [0.2, 0.25) is 0 Å². The maximum absolute atomic E-state index is 13.0. The van der Waals surface area contributed by atoms with Gasteiger partial charge in [0.1, 0.15) is 4.90 Å². The Morgan fingerprint density at radius 3 is 2.34 bits per heavy atom. The summed E-state index contributed by atoms with van der Waals surface area (Å²) >= 11 is 6.17. The zero-order chi connectivity index (χ0) is 23.5. The summed E-state index contributed by atoms with van der Waals surface area (Å²) in [5.41, 5.74) is 2.78. The largest absolute Gasteiger partial charge is 0.493 e. The third-order valence-corrected chi connectivity index (χ3v) is 6.82. The highest BCUT2D eigenvalue weighted by molar-refractivity contribution is 7.92. The van der Waals surface area contributed by atoms with Crippen molar-refractivity contribution in [3.05, 3.63) is 76.3 Å². The van der Waals surface area contributed by atoms with Gasteiger partial charge in [0.05, 0.1) is 24.9 Å². The van der Waals surface area contributed by atoms with Gasteiger partial charge in [-0.3, -0.25) is 9.52 Å². The first-order valence-corrected chi connectivity index (χ1v) is 11.4. The number of aryl methyl sites for hydroxylation is 1. The SMILES string of the molecule is COc1ccc(NC(=O)c2ccc(Cl)c(S(=O)(=O)Nc3cccc(C)c3C)c2)cc1OC. The first-order chi connectivity index (χ1) is 15.2. The fourth-order valence-corrected chi connectivity index (χ4v) is 4.68. The van der Waals surface area contributed by atoms with Crippen LogP contribution in [0.15, 0.2) is 59.5 Å². The van der Waals surface area contributed by atoms with Crippen molar-refractivity contribution >= 4 is 38.9 Å². The van der Waals surface area contributed by atoms with E-state index in [-0.39, 0.29) is 15.5 Å². The maximum Gasteiger partial charge on any atom is 0.263 e. The normalized spacial score (nSPS) is 11.0. The minimum absolute atomic E-state index is 0.00507. The number of carbonyl (C=O) groups is 1. The highest BCUT2D eigenvalue weighted by atomic mass is 35.5. The van der Waals surface area contributed by atoms with Crippen molar-refractivity contribution in [3.63, 3.8) is 0 Å². The number of amides is 1. The van der Waals surface area contributed by atoms with Gasteiger partial charge < -0.3 is 14.8 Å². The molecule has 32 heavy (non-hydrogen) atoms. The summed E-state index contributed by atoms with van der Waals surface area (Å²) in [5.74, 6) is 0.461. The molecule has 0 aliphatic rings. The average Bonchev–Trinajstić information content (AvgIpc) is 2.76. The zero-order valence-corrected chi connectivity index (χ0v) is 19.6. The van der Waals surface area contributed by atoms with E-state index in [9.17, 15) is 13.2 Å². The van der Waals surface area contributed by atoms with Crippen molar-refractivity contribution in [1.82, 2.24) is 0 Å². The second-order valence-electron chi connectivity index (χ2n) is 7.02. The Labute approximate surface area is 192 Å². The molecule has 0 aliphatic carbocycles. The van der Waals surface area contributed by atoms with Crippen molar-refractivity contribution in [2.24, 2.45) is 0 Å². The zero-order valence-electron chi connectivity index (χ0n) is 18.0. The topological polar surface area (TPSA) is 93.7 Å². The van der Waals surface area contributed by atoms with Crippen LogP contribution in [0, 0.1) is 13.8 Å². The van der Waals surface area contributed by atoms with E-state index in [1.165, 1.54) is 32.4 Å². The summed E-state index contributed by atoms with van der Waals surface area (Å²) in [6.07, 6.45) is 0. The minimum atomic E-state index is -4.03. The molecule has 0 saturated carbocycles. The molecule has 3 aromatic rings. The number of hydrogen-bond donors (Lipinski definition) is 2. The first-order valence-electron chi connectivity index (χ1n) is 9.58. The number of rotatable bonds is 7. The van der Waals surface area contributed by atoms with E-state index < -0.39 is 15.9 Å². The van der Waals surface area contributed by atoms with E-state index in [1.54, 1.807) is 30.3 Å². The molecular formula is C23H23ClN2O5S. The van der Waals surface area contributed by atoms with Crippen molar-refractivity contribution in [3.8, 4) is 11.5 Å². The molecule has 0 atom stereocenters. The number of carbonyl (C=O) groups excluding carboxylic acids is 1. The molecule has 3 rings (SSSR count). The van der Waals surface area contributed by atoms with Crippen LogP contribution in [0.5, 0.6) is 11.5 Å². The molecule has 0 aliphatic heterocycles. The van der Waals surface area contributed by atoms with Gasteiger partial charge in [-0.05, 0) is 61.4 Å². The molecule has 9 heteroatoms. The summed E-state index contributed by atoms with van der Waals surface area (Å²) in [4.78, 5) is 12.6. The first kappa shape index (κ1) is 23.4. The Hall–Kier alpha value is -3.23. The predicted molar refractivity (Wildman–Crippen MR) is 126 cm³/mol. The quantitative estimate of drug-likeness (QED) is 0.501. The molecule has 0 aromatic heterocycles. The number of halogens is 1. The molecule has 3 aromatic carbocycles. The van der Waals surface area contributed by atoms with Gasteiger partial charge in [-0.15, -0.1) is 0 Å². The van der Waals surface area contributed by atoms with E-state index >= 15 is 0 Å². The Kier molecular flexibility index (Phi) is 6.96. The molecule has 7 nitrogen and oxygen atoms in total. The van der Waals surface area contributed by atoms with Crippen LogP contribution >= 0.6 is 11.6 Å².